The van der Waals surface area contributed by atoms with Gasteiger partial charge in [-0.15, -0.1) is 11.3 Å². The van der Waals surface area contributed by atoms with Gasteiger partial charge >= 0.3 is 0 Å². The fraction of sp³-hybridized carbons (Fsp3) is 0.143. The Morgan fingerprint density at radius 3 is 2.80 bits per heavy atom. The standard InChI is InChI=1S/C21H19N5O3S/c1-13-5-3-6-15(9-13)29-12-20(28)23-18-11-16(17-7-4-8-30-17)25-26(18)21-22-14(2)10-19(27)24-21/h3-11H,12H2,1-2H3,(H,23,28)(H,22,24,27). The molecule has 9 heteroatoms. The second-order valence-corrected chi connectivity index (χ2v) is 7.62. The molecule has 0 saturated heterocycles. The first kappa shape index (κ1) is 19.6. The van der Waals surface area contributed by atoms with E-state index in [9.17, 15) is 9.59 Å². The van der Waals surface area contributed by atoms with Gasteiger partial charge in [0.15, 0.2) is 6.61 Å². The molecule has 0 atom stereocenters. The molecule has 1 aromatic carbocycles. The van der Waals surface area contributed by atoms with Gasteiger partial charge < -0.3 is 10.1 Å². The lowest BCUT2D eigenvalue weighted by atomic mass is 10.2. The number of benzene rings is 1. The lowest BCUT2D eigenvalue weighted by molar-refractivity contribution is -0.118. The van der Waals surface area contributed by atoms with Gasteiger partial charge in [-0.05, 0) is 43.0 Å². The smallest absolute Gasteiger partial charge is 0.263 e. The molecule has 8 nitrogen and oxygen atoms in total. The van der Waals surface area contributed by atoms with Crippen molar-refractivity contribution < 1.29 is 9.53 Å². The molecule has 0 aliphatic rings. The zero-order valence-corrected chi connectivity index (χ0v) is 17.2. The fourth-order valence-electron chi connectivity index (χ4n) is 2.87. The molecule has 0 fully saturated rings. The zero-order chi connectivity index (χ0) is 21.1. The van der Waals surface area contributed by atoms with Crippen molar-refractivity contribution in [2.75, 3.05) is 11.9 Å². The van der Waals surface area contributed by atoms with Gasteiger partial charge in [-0.2, -0.15) is 9.78 Å². The van der Waals surface area contributed by atoms with Crippen LogP contribution in [0.3, 0.4) is 0 Å². The van der Waals surface area contributed by atoms with E-state index in [-0.39, 0.29) is 24.0 Å². The summed E-state index contributed by atoms with van der Waals surface area (Å²) in [6, 6.07) is 14.4. The van der Waals surface area contributed by atoms with Crippen LogP contribution in [0.15, 0.2) is 58.7 Å². The molecule has 4 aromatic rings. The van der Waals surface area contributed by atoms with E-state index in [2.05, 4.69) is 20.4 Å². The maximum Gasteiger partial charge on any atom is 0.263 e. The van der Waals surface area contributed by atoms with Crippen LogP contribution in [0, 0.1) is 13.8 Å². The van der Waals surface area contributed by atoms with Gasteiger partial charge in [0.25, 0.3) is 11.5 Å². The highest BCUT2D eigenvalue weighted by atomic mass is 32.1. The molecule has 0 radical (unpaired) electrons. The molecule has 0 aliphatic carbocycles. The fourth-order valence-corrected chi connectivity index (χ4v) is 3.55. The van der Waals surface area contributed by atoms with E-state index >= 15 is 0 Å². The average molecular weight is 421 g/mol. The minimum atomic E-state index is -0.356. The van der Waals surface area contributed by atoms with Gasteiger partial charge in [-0.3, -0.25) is 14.6 Å². The highest BCUT2D eigenvalue weighted by Crippen LogP contribution is 2.27. The maximum atomic E-state index is 12.5. The number of H-pyrrole nitrogens is 1. The molecule has 0 saturated carbocycles. The predicted octanol–water partition coefficient (Wildman–Crippen LogP) is 3.32. The third kappa shape index (κ3) is 4.47. The number of aromatic amines is 1. The lowest BCUT2D eigenvalue weighted by Crippen LogP contribution is -2.23. The van der Waals surface area contributed by atoms with Gasteiger partial charge in [-0.1, -0.05) is 18.2 Å². The van der Waals surface area contributed by atoms with Gasteiger partial charge in [0.1, 0.15) is 17.3 Å². The summed E-state index contributed by atoms with van der Waals surface area (Å²) >= 11 is 1.52. The quantitative estimate of drug-likeness (QED) is 0.497. The second-order valence-electron chi connectivity index (χ2n) is 6.67. The molecule has 0 unspecified atom stereocenters. The van der Waals surface area contributed by atoms with Crippen molar-refractivity contribution in [3.63, 3.8) is 0 Å². The zero-order valence-electron chi connectivity index (χ0n) is 16.4. The summed E-state index contributed by atoms with van der Waals surface area (Å²) in [7, 11) is 0. The number of carbonyl (C=O) groups is 1. The van der Waals surface area contributed by atoms with Gasteiger partial charge in [0.05, 0.1) is 4.88 Å². The Balaban J connectivity index is 1.61. The van der Waals surface area contributed by atoms with Crippen LogP contribution < -0.4 is 15.6 Å². The number of aromatic nitrogens is 4. The van der Waals surface area contributed by atoms with E-state index in [1.54, 1.807) is 19.1 Å². The van der Waals surface area contributed by atoms with Crippen LogP contribution in [0.1, 0.15) is 11.3 Å². The molecular formula is C21H19N5O3S. The van der Waals surface area contributed by atoms with Gasteiger partial charge in [-0.25, -0.2) is 4.98 Å². The number of hydrogen-bond acceptors (Lipinski definition) is 6. The van der Waals surface area contributed by atoms with E-state index in [0.717, 1.165) is 10.4 Å². The number of nitrogens with zero attached hydrogens (tertiary/aromatic N) is 3. The molecule has 0 spiro atoms. The number of rotatable bonds is 6. The molecule has 0 aliphatic heterocycles. The van der Waals surface area contributed by atoms with E-state index in [0.29, 0.717) is 23.0 Å². The Labute approximate surface area is 176 Å². The van der Waals surface area contributed by atoms with Crippen molar-refractivity contribution in [1.82, 2.24) is 19.7 Å². The van der Waals surface area contributed by atoms with Crippen molar-refractivity contribution >= 4 is 23.1 Å². The normalized spacial score (nSPS) is 10.7. The number of carbonyl (C=O) groups excluding carboxylic acids is 1. The largest absolute Gasteiger partial charge is 0.484 e. The number of anilines is 1. The molecule has 30 heavy (non-hydrogen) atoms. The average Bonchev–Trinajstić information content (AvgIpc) is 3.35. The van der Waals surface area contributed by atoms with Crippen LogP contribution in [0.25, 0.3) is 16.5 Å². The number of hydrogen-bond donors (Lipinski definition) is 2. The molecule has 0 bridgehead atoms. The van der Waals surface area contributed by atoms with Gasteiger partial charge in [0.2, 0.25) is 5.95 Å². The van der Waals surface area contributed by atoms with Crippen molar-refractivity contribution in [3.8, 4) is 22.3 Å². The molecule has 1 amide bonds. The number of aryl methyl sites for hydroxylation is 2. The summed E-state index contributed by atoms with van der Waals surface area (Å²) in [5.74, 6) is 0.857. The molecule has 2 N–H and O–H groups in total. The van der Waals surface area contributed by atoms with Crippen molar-refractivity contribution in [2.24, 2.45) is 0 Å². The first-order valence-corrected chi connectivity index (χ1v) is 10.1. The molecule has 3 heterocycles. The highest BCUT2D eigenvalue weighted by Gasteiger charge is 2.16. The van der Waals surface area contributed by atoms with E-state index in [4.69, 9.17) is 4.74 Å². The van der Waals surface area contributed by atoms with Crippen molar-refractivity contribution in [3.05, 3.63) is 75.5 Å². The number of nitrogens with one attached hydrogen (secondary N) is 2. The number of amides is 1. The van der Waals surface area contributed by atoms with Crippen LogP contribution in [0.4, 0.5) is 5.82 Å². The summed E-state index contributed by atoms with van der Waals surface area (Å²) in [6.45, 7) is 3.50. The van der Waals surface area contributed by atoms with Crippen molar-refractivity contribution in [1.29, 1.82) is 0 Å². The Bertz CT molecular complexity index is 1240. The first-order chi connectivity index (χ1) is 14.5. The second kappa shape index (κ2) is 8.34. The number of ether oxygens (including phenoxy) is 1. The minimum absolute atomic E-state index is 0.166. The number of thiophene rings is 1. The molecule has 4 rings (SSSR count). The van der Waals surface area contributed by atoms with Crippen LogP contribution in [0.2, 0.25) is 0 Å². The van der Waals surface area contributed by atoms with Gasteiger partial charge in [0, 0.05) is 17.8 Å². The summed E-state index contributed by atoms with van der Waals surface area (Å²) < 4.78 is 6.98. The van der Waals surface area contributed by atoms with E-state index in [1.165, 1.54) is 22.1 Å². The SMILES string of the molecule is Cc1cccc(OCC(=O)Nc2cc(-c3cccs3)nn2-c2nc(C)cc(=O)[nH]2)c1. The lowest BCUT2D eigenvalue weighted by Gasteiger charge is -2.09. The van der Waals surface area contributed by atoms with Crippen LogP contribution in [0.5, 0.6) is 5.75 Å². The van der Waals surface area contributed by atoms with Crippen LogP contribution in [-0.2, 0) is 4.79 Å². The summed E-state index contributed by atoms with van der Waals surface area (Å²) in [4.78, 5) is 32.3. The maximum absolute atomic E-state index is 12.5. The topological polar surface area (TPSA) is 102 Å². The first-order valence-electron chi connectivity index (χ1n) is 9.19. The van der Waals surface area contributed by atoms with Crippen molar-refractivity contribution in [2.45, 2.75) is 13.8 Å². The molecular weight excluding hydrogens is 402 g/mol. The monoisotopic (exact) mass is 421 g/mol. The predicted molar refractivity (Wildman–Crippen MR) is 115 cm³/mol. The molecule has 3 aromatic heterocycles. The summed E-state index contributed by atoms with van der Waals surface area (Å²) in [5, 5.41) is 9.26. The Morgan fingerprint density at radius 2 is 2.07 bits per heavy atom. The van der Waals surface area contributed by atoms with E-state index in [1.807, 2.05) is 42.6 Å². The molecule has 152 valence electrons. The summed E-state index contributed by atoms with van der Waals surface area (Å²) in [5.41, 5.74) is 1.94. The Morgan fingerprint density at radius 1 is 1.20 bits per heavy atom. The Hall–Kier alpha value is -3.72. The third-order valence-electron chi connectivity index (χ3n) is 4.17. The summed E-state index contributed by atoms with van der Waals surface area (Å²) in [6.07, 6.45) is 0. The third-order valence-corrected chi connectivity index (χ3v) is 5.06. The minimum Gasteiger partial charge on any atom is -0.484 e. The van der Waals surface area contributed by atoms with Crippen LogP contribution in [-0.4, -0.2) is 32.3 Å². The Kier molecular flexibility index (Phi) is 5.44. The van der Waals surface area contributed by atoms with E-state index < -0.39 is 0 Å². The highest BCUT2D eigenvalue weighted by molar-refractivity contribution is 7.13. The van der Waals surface area contributed by atoms with Crippen LogP contribution >= 0.6 is 11.3 Å².